The number of fused-ring (bicyclic) bond motifs is 1. The third kappa shape index (κ3) is 4.30. The summed E-state index contributed by atoms with van der Waals surface area (Å²) in [4.78, 5) is 24.3. The van der Waals surface area contributed by atoms with E-state index in [0.717, 1.165) is 0 Å². The van der Waals surface area contributed by atoms with E-state index < -0.39 is 21.7 Å². The van der Waals surface area contributed by atoms with Gasteiger partial charge in [-0.15, -0.1) is 0 Å². The van der Waals surface area contributed by atoms with Crippen molar-refractivity contribution in [2.24, 2.45) is 5.92 Å². The van der Waals surface area contributed by atoms with Crippen LogP contribution in [-0.4, -0.2) is 36.6 Å². The highest BCUT2D eigenvalue weighted by Crippen LogP contribution is 2.33. The zero-order valence-electron chi connectivity index (χ0n) is 14.8. The SMILES string of the molecule is CC(C)CNC(=O)C(=O)Nc1c2c(nn1-c1ccc(Cl)cc1)CS(=O)(=O)C2. The fraction of sp³-hybridized carbons (Fsp3) is 0.353. The van der Waals surface area contributed by atoms with Crippen LogP contribution >= 0.6 is 11.6 Å². The summed E-state index contributed by atoms with van der Waals surface area (Å²) in [5, 5.41) is 9.89. The molecule has 2 amide bonds. The molecule has 27 heavy (non-hydrogen) atoms. The van der Waals surface area contributed by atoms with Gasteiger partial charge in [0.1, 0.15) is 5.82 Å². The van der Waals surface area contributed by atoms with Crippen LogP contribution < -0.4 is 10.6 Å². The Morgan fingerprint density at radius 3 is 2.48 bits per heavy atom. The van der Waals surface area contributed by atoms with Crippen LogP contribution in [0.1, 0.15) is 25.1 Å². The number of carbonyl (C=O) groups is 2. The Morgan fingerprint density at radius 2 is 1.85 bits per heavy atom. The maximum atomic E-state index is 12.3. The summed E-state index contributed by atoms with van der Waals surface area (Å²) in [6.45, 7) is 4.17. The number of sulfone groups is 1. The molecule has 0 unspecified atom stereocenters. The predicted molar refractivity (Wildman–Crippen MR) is 101 cm³/mol. The van der Waals surface area contributed by atoms with Crippen molar-refractivity contribution >= 4 is 39.1 Å². The van der Waals surface area contributed by atoms with E-state index in [4.69, 9.17) is 11.6 Å². The van der Waals surface area contributed by atoms with Crippen molar-refractivity contribution in [3.05, 3.63) is 40.5 Å². The molecule has 10 heteroatoms. The van der Waals surface area contributed by atoms with Crippen molar-refractivity contribution in [3.8, 4) is 5.69 Å². The molecule has 2 N–H and O–H groups in total. The number of hydrogen-bond acceptors (Lipinski definition) is 5. The second-order valence-electron chi connectivity index (χ2n) is 6.75. The minimum absolute atomic E-state index is 0.179. The Labute approximate surface area is 161 Å². The molecular formula is C17H19ClN4O4S. The van der Waals surface area contributed by atoms with Crippen LogP contribution in [0.5, 0.6) is 0 Å². The van der Waals surface area contributed by atoms with Gasteiger partial charge in [-0.25, -0.2) is 13.1 Å². The Morgan fingerprint density at radius 1 is 1.19 bits per heavy atom. The number of halogens is 1. The lowest BCUT2D eigenvalue weighted by atomic mass is 10.2. The lowest BCUT2D eigenvalue weighted by Gasteiger charge is -2.12. The van der Waals surface area contributed by atoms with Crippen LogP contribution in [0.3, 0.4) is 0 Å². The number of nitrogens with zero attached hydrogens (tertiary/aromatic N) is 2. The molecule has 3 rings (SSSR count). The van der Waals surface area contributed by atoms with Crippen LogP contribution in [0.25, 0.3) is 5.69 Å². The van der Waals surface area contributed by atoms with Gasteiger partial charge in [-0.05, 0) is 30.2 Å². The van der Waals surface area contributed by atoms with Gasteiger partial charge in [0.05, 0.1) is 22.9 Å². The lowest BCUT2D eigenvalue weighted by Crippen LogP contribution is -2.37. The second kappa shape index (κ2) is 7.32. The van der Waals surface area contributed by atoms with Gasteiger partial charge in [-0.3, -0.25) is 9.59 Å². The van der Waals surface area contributed by atoms with Crippen molar-refractivity contribution in [1.29, 1.82) is 0 Å². The summed E-state index contributed by atoms with van der Waals surface area (Å²) >= 11 is 5.91. The molecule has 0 aliphatic carbocycles. The predicted octanol–water partition coefficient (Wildman–Crippen LogP) is 1.66. The van der Waals surface area contributed by atoms with Gasteiger partial charge in [0.15, 0.2) is 9.84 Å². The maximum Gasteiger partial charge on any atom is 0.314 e. The van der Waals surface area contributed by atoms with Gasteiger partial charge < -0.3 is 10.6 Å². The zero-order chi connectivity index (χ0) is 19.8. The molecule has 1 aliphatic heterocycles. The fourth-order valence-corrected chi connectivity index (χ4v) is 4.30. The number of benzene rings is 1. The quantitative estimate of drug-likeness (QED) is 0.745. The third-order valence-electron chi connectivity index (χ3n) is 3.97. The minimum Gasteiger partial charge on any atom is -0.348 e. The number of hydrogen-bond donors (Lipinski definition) is 2. The molecule has 0 radical (unpaired) electrons. The van der Waals surface area contributed by atoms with Gasteiger partial charge in [0.2, 0.25) is 0 Å². The van der Waals surface area contributed by atoms with E-state index in [2.05, 4.69) is 15.7 Å². The van der Waals surface area contributed by atoms with Gasteiger partial charge in [0.25, 0.3) is 0 Å². The largest absolute Gasteiger partial charge is 0.348 e. The average Bonchev–Trinajstić information content (AvgIpc) is 3.06. The van der Waals surface area contributed by atoms with Gasteiger partial charge in [0, 0.05) is 17.1 Å². The summed E-state index contributed by atoms with van der Waals surface area (Å²) in [6, 6.07) is 6.68. The third-order valence-corrected chi connectivity index (χ3v) is 5.66. The topological polar surface area (TPSA) is 110 Å². The molecule has 0 fully saturated rings. The Bertz CT molecular complexity index is 997. The van der Waals surface area contributed by atoms with Crippen LogP contribution in [0.15, 0.2) is 24.3 Å². The highest BCUT2D eigenvalue weighted by Gasteiger charge is 2.33. The van der Waals surface area contributed by atoms with E-state index in [0.29, 0.717) is 28.5 Å². The van der Waals surface area contributed by atoms with Crippen molar-refractivity contribution in [3.63, 3.8) is 0 Å². The summed E-state index contributed by atoms with van der Waals surface area (Å²) in [6.07, 6.45) is 0. The van der Waals surface area contributed by atoms with Crippen LogP contribution in [0.4, 0.5) is 5.82 Å². The molecule has 0 spiro atoms. The molecule has 0 saturated carbocycles. The molecule has 1 aliphatic rings. The summed E-state index contributed by atoms with van der Waals surface area (Å²) in [5.41, 5.74) is 1.35. The van der Waals surface area contributed by atoms with E-state index in [1.165, 1.54) is 4.68 Å². The summed E-state index contributed by atoms with van der Waals surface area (Å²) in [7, 11) is -3.32. The molecule has 0 saturated heterocycles. The Kier molecular flexibility index (Phi) is 5.25. The molecule has 8 nitrogen and oxygen atoms in total. The minimum atomic E-state index is -3.32. The molecule has 1 aromatic carbocycles. The highest BCUT2D eigenvalue weighted by molar-refractivity contribution is 7.90. The number of carbonyl (C=O) groups excluding carboxylic acids is 2. The van der Waals surface area contributed by atoms with Gasteiger partial charge in [-0.1, -0.05) is 25.4 Å². The first-order chi connectivity index (χ1) is 12.7. The lowest BCUT2D eigenvalue weighted by molar-refractivity contribution is -0.136. The molecule has 144 valence electrons. The smallest absolute Gasteiger partial charge is 0.314 e. The Balaban J connectivity index is 1.94. The van der Waals surface area contributed by atoms with Crippen LogP contribution in [-0.2, 0) is 30.9 Å². The summed E-state index contributed by atoms with van der Waals surface area (Å²) < 4.78 is 25.3. The van der Waals surface area contributed by atoms with Gasteiger partial charge in [-0.2, -0.15) is 5.10 Å². The standard InChI is InChI=1S/C17H19ClN4O4S/c1-10(2)7-19-16(23)17(24)20-15-13-8-27(25,26)9-14(13)21-22(15)12-5-3-11(18)4-6-12/h3-6,10H,7-9H2,1-2H3,(H,19,23)(H,20,24). The highest BCUT2D eigenvalue weighted by atomic mass is 35.5. The number of nitrogens with one attached hydrogen (secondary N) is 2. The van der Waals surface area contributed by atoms with Gasteiger partial charge >= 0.3 is 11.8 Å². The zero-order valence-corrected chi connectivity index (χ0v) is 16.4. The normalized spacial score (nSPS) is 14.8. The molecular weight excluding hydrogens is 392 g/mol. The van der Waals surface area contributed by atoms with E-state index in [-0.39, 0.29) is 23.2 Å². The summed E-state index contributed by atoms with van der Waals surface area (Å²) in [5.74, 6) is -1.74. The number of aromatic nitrogens is 2. The molecule has 1 aromatic heterocycles. The van der Waals surface area contributed by atoms with E-state index >= 15 is 0 Å². The number of rotatable bonds is 4. The van der Waals surface area contributed by atoms with E-state index in [9.17, 15) is 18.0 Å². The first-order valence-electron chi connectivity index (χ1n) is 8.32. The van der Waals surface area contributed by atoms with Crippen molar-refractivity contribution in [2.75, 3.05) is 11.9 Å². The van der Waals surface area contributed by atoms with Crippen molar-refractivity contribution in [2.45, 2.75) is 25.4 Å². The molecule has 0 atom stereocenters. The van der Waals surface area contributed by atoms with Crippen molar-refractivity contribution < 1.29 is 18.0 Å². The maximum absolute atomic E-state index is 12.3. The van der Waals surface area contributed by atoms with Crippen LogP contribution in [0.2, 0.25) is 5.02 Å². The monoisotopic (exact) mass is 410 g/mol. The van der Waals surface area contributed by atoms with E-state index in [1.54, 1.807) is 24.3 Å². The first-order valence-corrected chi connectivity index (χ1v) is 10.5. The molecule has 2 heterocycles. The average molecular weight is 411 g/mol. The van der Waals surface area contributed by atoms with E-state index in [1.807, 2.05) is 13.8 Å². The fourth-order valence-electron chi connectivity index (χ4n) is 2.68. The molecule has 0 bridgehead atoms. The number of amides is 2. The molecule has 2 aromatic rings. The van der Waals surface area contributed by atoms with Crippen LogP contribution in [0, 0.1) is 5.92 Å². The second-order valence-corrected chi connectivity index (χ2v) is 9.25. The first kappa shape index (κ1) is 19.4. The Hall–Kier alpha value is -2.39. The van der Waals surface area contributed by atoms with Crippen molar-refractivity contribution in [1.82, 2.24) is 15.1 Å². The number of anilines is 1.